The van der Waals surface area contributed by atoms with E-state index in [1.807, 2.05) is 13.8 Å². The van der Waals surface area contributed by atoms with Gasteiger partial charge < -0.3 is 11.1 Å². The molecule has 0 bridgehead atoms. The number of carbonyl (C=O) groups is 4. The Kier molecular flexibility index (Phi) is 4.63. The summed E-state index contributed by atoms with van der Waals surface area (Å²) < 4.78 is 0. The lowest BCUT2D eigenvalue weighted by Crippen LogP contribution is -2.50. The fourth-order valence-electron chi connectivity index (χ4n) is 2.13. The molecule has 0 radical (unpaired) electrons. The van der Waals surface area contributed by atoms with Crippen LogP contribution >= 0.6 is 0 Å². The van der Waals surface area contributed by atoms with Crippen LogP contribution in [0.4, 0.5) is 0 Å². The molecule has 2 atom stereocenters. The van der Waals surface area contributed by atoms with E-state index in [-0.39, 0.29) is 12.3 Å². The average Bonchev–Trinajstić information content (AvgIpc) is 2.50. The molecule has 1 heterocycles. The topological polar surface area (TPSA) is 110 Å². The zero-order valence-electron chi connectivity index (χ0n) is 11.3. The van der Waals surface area contributed by atoms with Gasteiger partial charge in [-0.3, -0.25) is 24.1 Å². The van der Waals surface area contributed by atoms with Gasteiger partial charge in [-0.15, -0.1) is 0 Å². The summed E-state index contributed by atoms with van der Waals surface area (Å²) in [6, 6.07) is -1.84. The molecule has 0 aliphatic carbocycles. The highest BCUT2D eigenvalue weighted by Crippen LogP contribution is 2.20. The standard InChI is InChI=1S/C12H19N3O4/c1-6(2)4-9(11(13)18)15-10(17)5-8(12(15)19)14-7(3)16/h6,8-9H,4-5H2,1-3H3,(H2,13,18)(H,14,16)/t8-,9-/m0/s1. The number of hydrogen-bond donors (Lipinski definition) is 2. The van der Waals surface area contributed by atoms with Crippen LogP contribution in [-0.2, 0) is 19.2 Å². The quantitative estimate of drug-likeness (QED) is 0.633. The molecule has 0 aromatic heterocycles. The number of nitrogens with two attached hydrogens (primary N) is 1. The number of hydrogen-bond acceptors (Lipinski definition) is 4. The zero-order chi connectivity index (χ0) is 14.7. The van der Waals surface area contributed by atoms with E-state index in [4.69, 9.17) is 5.73 Å². The van der Waals surface area contributed by atoms with Crippen molar-refractivity contribution < 1.29 is 19.2 Å². The third-order valence-electron chi connectivity index (χ3n) is 2.90. The molecule has 19 heavy (non-hydrogen) atoms. The van der Waals surface area contributed by atoms with Crippen molar-refractivity contribution in [2.24, 2.45) is 11.7 Å². The number of nitrogens with one attached hydrogen (secondary N) is 1. The summed E-state index contributed by atoms with van der Waals surface area (Å²) in [5, 5.41) is 2.40. The van der Waals surface area contributed by atoms with Gasteiger partial charge in [0.2, 0.25) is 17.7 Å². The van der Waals surface area contributed by atoms with E-state index in [0.717, 1.165) is 4.90 Å². The minimum atomic E-state index is -0.946. The van der Waals surface area contributed by atoms with Crippen molar-refractivity contribution in [1.29, 1.82) is 0 Å². The molecule has 7 nitrogen and oxygen atoms in total. The first kappa shape index (κ1) is 15.1. The molecule has 1 aliphatic rings. The summed E-state index contributed by atoms with van der Waals surface area (Å²) in [5.41, 5.74) is 5.26. The molecule has 1 rings (SSSR count). The maximum absolute atomic E-state index is 12.1. The maximum Gasteiger partial charge on any atom is 0.253 e. The normalized spacial score (nSPS) is 20.8. The Morgan fingerprint density at radius 3 is 2.42 bits per heavy atom. The van der Waals surface area contributed by atoms with Gasteiger partial charge >= 0.3 is 0 Å². The van der Waals surface area contributed by atoms with Gasteiger partial charge in [0.25, 0.3) is 5.91 Å². The van der Waals surface area contributed by atoms with Crippen molar-refractivity contribution in [3.8, 4) is 0 Å². The molecule has 7 heteroatoms. The van der Waals surface area contributed by atoms with Crippen molar-refractivity contribution in [3.05, 3.63) is 0 Å². The lowest BCUT2D eigenvalue weighted by molar-refractivity contribution is -0.147. The Morgan fingerprint density at radius 2 is 2.00 bits per heavy atom. The highest BCUT2D eigenvalue weighted by Gasteiger charge is 2.44. The van der Waals surface area contributed by atoms with Crippen LogP contribution in [-0.4, -0.2) is 40.6 Å². The first-order valence-electron chi connectivity index (χ1n) is 6.16. The van der Waals surface area contributed by atoms with Gasteiger partial charge in [0.1, 0.15) is 12.1 Å². The summed E-state index contributed by atoms with van der Waals surface area (Å²) in [7, 11) is 0. The highest BCUT2D eigenvalue weighted by molar-refractivity contribution is 6.09. The first-order valence-corrected chi connectivity index (χ1v) is 6.16. The third kappa shape index (κ3) is 3.52. The first-order chi connectivity index (χ1) is 8.73. The second-order valence-corrected chi connectivity index (χ2v) is 5.11. The van der Waals surface area contributed by atoms with Gasteiger partial charge in [-0.1, -0.05) is 13.8 Å². The van der Waals surface area contributed by atoms with Crippen LogP contribution in [0.15, 0.2) is 0 Å². The molecule has 1 saturated heterocycles. The van der Waals surface area contributed by atoms with Crippen molar-refractivity contribution in [1.82, 2.24) is 10.2 Å². The number of rotatable bonds is 5. The number of imide groups is 1. The predicted molar refractivity (Wildman–Crippen MR) is 66.5 cm³/mol. The van der Waals surface area contributed by atoms with Gasteiger partial charge in [0, 0.05) is 6.92 Å². The average molecular weight is 269 g/mol. The lowest BCUT2D eigenvalue weighted by atomic mass is 10.0. The second kappa shape index (κ2) is 5.81. The number of likely N-dealkylation sites (tertiary alicyclic amines) is 1. The molecule has 106 valence electrons. The van der Waals surface area contributed by atoms with E-state index in [1.165, 1.54) is 6.92 Å². The van der Waals surface area contributed by atoms with Crippen LogP contribution < -0.4 is 11.1 Å². The molecule has 0 aromatic rings. The van der Waals surface area contributed by atoms with Crippen molar-refractivity contribution in [3.63, 3.8) is 0 Å². The smallest absolute Gasteiger partial charge is 0.253 e. The van der Waals surface area contributed by atoms with E-state index >= 15 is 0 Å². The van der Waals surface area contributed by atoms with Gasteiger partial charge in [0.05, 0.1) is 6.42 Å². The fraction of sp³-hybridized carbons (Fsp3) is 0.667. The third-order valence-corrected chi connectivity index (χ3v) is 2.90. The van der Waals surface area contributed by atoms with E-state index in [9.17, 15) is 19.2 Å². The predicted octanol–water partition coefficient (Wildman–Crippen LogP) is -0.850. The molecule has 3 N–H and O–H groups in total. The molecule has 0 spiro atoms. The Balaban J connectivity index is 2.91. The fourth-order valence-corrected chi connectivity index (χ4v) is 2.13. The Bertz CT molecular complexity index is 419. The monoisotopic (exact) mass is 269 g/mol. The molecule has 0 aromatic carbocycles. The van der Waals surface area contributed by atoms with Gasteiger partial charge in [0.15, 0.2) is 0 Å². The van der Waals surface area contributed by atoms with Crippen LogP contribution in [0.25, 0.3) is 0 Å². The van der Waals surface area contributed by atoms with Crippen LogP contribution in [0.3, 0.4) is 0 Å². The SMILES string of the molecule is CC(=O)N[C@H]1CC(=O)N([C@@H](CC(C)C)C(N)=O)C1=O. The summed E-state index contributed by atoms with van der Waals surface area (Å²) >= 11 is 0. The van der Waals surface area contributed by atoms with Crippen molar-refractivity contribution >= 4 is 23.6 Å². The highest BCUT2D eigenvalue weighted by atomic mass is 16.2. The Morgan fingerprint density at radius 1 is 1.42 bits per heavy atom. The summed E-state index contributed by atoms with van der Waals surface area (Å²) in [4.78, 5) is 47.2. The zero-order valence-corrected chi connectivity index (χ0v) is 11.3. The van der Waals surface area contributed by atoms with Crippen LogP contribution in [0, 0.1) is 5.92 Å². The minimum Gasteiger partial charge on any atom is -0.368 e. The number of nitrogens with zero attached hydrogens (tertiary/aromatic N) is 1. The van der Waals surface area contributed by atoms with Crippen molar-refractivity contribution in [2.75, 3.05) is 0 Å². The van der Waals surface area contributed by atoms with E-state index in [0.29, 0.717) is 6.42 Å². The summed E-state index contributed by atoms with van der Waals surface area (Å²) in [6.45, 7) is 5.00. The molecule has 0 unspecified atom stereocenters. The number of carbonyl (C=O) groups excluding carboxylic acids is 4. The second-order valence-electron chi connectivity index (χ2n) is 5.11. The number of amides is 4. The van der Waals surface area contributed by atoms with Gasteiger partial charge in [-0.2, -0.15) is 0 Å². The van der Waals surface area contributed by atoms with E-state index in [1.54, 1.807) is 0 Å². The Hall–Kier alpha value is -1.92. The van der Waals surface area contributed by atoms with Crippen LogP contribution in [0.2, 0.25) is 0 Å². The maximum atomic E-state index is 12.1. The van der Waals surface area contributed by atoms with E-state index < -0.39 is 35.7 Å². The van der Waals surface area contributed by atoms with Crippen LogP contribution in [0.1, 0.15) is 33.6 Å². The molecule has 4 amide bonds. The lowest BCUT2D eigenvalue weighted by Gasteiger charge is -2.25. The van der Waals surface area contributed by atoms with E-state index in [2.05, 4.69) is 5.32 Å². The Labute approximate surface area is 111 Å². The minimum absolute atomic E-state index is 0.109. The number of primary amides is 1. The summed E-state index contributed by atoms with van der Waals surface area (Å²) in [6.07, 6.45) is 0.194. The molecule has 1 aliphatic heterocycles. The van der Waals surface area contributed by atoms with Crippen LogP contribution in [0.5, 0.6) is 0 Å². The largest absolute Gasteiger partial charge is 0.368 e. The molecule has 0 saturated carbocycles. The van der Waals surface area contributed by atoms with Gasteiger partial charge in [-0.05, 0) is 12.3 Å². The molecular weight excluding hydrogens is 250 g/mol. The molecular formula is C12H19N3O4. The van der Waals surface area contributed by atoms with Gasteiger partial charge in [-0.25, -0.2) is 0 Å². The molecule has 1 fully saturated rings. The van der Waals surface area contributed by atoms with Crippen molar-refractivity contribution in [2.45, 2.75) is 45.7 Å². The summed E-state index contributed by atoms with van der Waals surface area (Å²) in [5.74, 6) is -2.04.